The lowest BCUT2D eigenvalue weighted by atomic mass is 9.82. The van der Waals surface area contributed by atoms with Gasteiger partial charge < -0.3 is 19.4 Å². The van der Waals surface area contributed by atoms with Gasteiger partial charge in [0.25, 0.3) is 5.91 Å². The Morgan fingerprint density at radius 2 is 1.83 bits per heavy atom. The number of H-pyrrole nitrogens is 1. The second-order valence-corrected chi connectivity index (χ2v) is 12.3. The number of ether oxygens (including phenoxy) is 2. The van der Waals surface area contributed by atoms with Crippen LogP contribution in [-0.2, 0) is 25.3 Å². The number of alkyl halides is 3. The average Bonchev–Trinajstić information content (AvgIpc) is 3.46. The van der Waals surface area contributed by atoms with Crippen molar-refractivity contribution in [2.24, 2.45) is 5.92 Å². The SMILES string of the molecule is O=C(COc1ccc(Cl)cc1C1c2sc(=O)[nH]c2SC2C(=O)N(c3ccccc3C(F)(F)F)C(=O)C21)N1CCOCC1. The van der Waals surface area contributed by atoms with Crippen molar-refractivity contribution in [3.05, 3.63) is 73.2 Å². The van der Waals surface area contributed by atoms with Gasteiger partial charge in [0, 0.05) is 34.5 Å². The smallest absolute Gasteiger partial charge is 0.418 e. The zero-order valence-corrected chi connectivity index (χ0v) is 23.9. The third kappa shape index (κ3) is 5.10. The molecule has 3 aliphatic rings. The zero-order chi connectivity index (χ0) is 29.8. The second-order valence-electron chi connectivity index (χ2n) is 9.74. The van der Waals surface area contributed by atoms with Gasteiger partial charge in [-0.1, -0.05) is 46.8 Å². The van der Waals surface area contributed by atoms with Crippen molar-refractivity contribution in [3.8, 4) is 5.75 Å². The van der Waals surface area contributed by atoms with Crippen LogP contribution < -0.4 is 14.5 Å². The van der Waals surface area contributed by atoms with Crippen LogP contribution in [0.1, 0.15) is 21.9 Å². The summed E-state index contributed by atoms with van der Waals surface area (Å²) in [6.45, 7) is 1.29. The molecule has 1 aromatic heterocycles. The molecule has 2 aromatic carbocycles. The molecule has 6 rings (SSSR count). The predicted octanol–water partition coefficient (Wildman–Crippen LogP) is 4.14. The van der Waals surface area contributed by atoms with Crippen molar-refractivity contribution in [2.75, 3.05) is 37.8 Å². The number of benzene rings is 2. The van der Waals surface area contributed by atoms with Gasteiger partial charge in [-0.2, -0.15) is 13.2 Å². The summed E-state index contributed by atoms with van der Waals surface area (Å²) in [6, 6.07) is 8.96. The Morgan fingerprint density at radius 1 is 1.10 bits per heavy atom. The molecule has 3 aliphatic heterocycles. The molecule has 0 saturated carbocycles. The van der Waals surface area contributed by atoms with Crippen LogP contribution in [0.2, 0.25) is 5.02 Å². The van der Waals surface area contributed by atoms with Crippen LogP contribution in [-0.4, -0.2) is 65.8 Å². The Morgan fingerprint density at radius 3 is 2.57 bits per heavy atom. The van der Waals surface area contributed by atoms with E-state index in [0.29, 0.717) is 46.7 Å². The fraction of sp³-hybridized carbons (Fsp3) is 0.333. The van der Waals surface area contributed by atoms with E-state index in [1.54, 1.807) is 4.90 Å². The number of hydrogen-bond donors (Lipinski definition) is 1. The number of amides is 3. The molecular weight excluding hydrogens is 619 g/mol. The molecule has 3 amide bonds. The van der Waals surface area contributed by atoms with E-state index in [4.69, 9.17) is 21.1 Å². The molecule has 3 unspecified atom stereocenters. The van der Waals surface area contributed by atoms with Crippen molar-refractivity contribution in [1.82, 2.24) is 9.88 Å². The first kappa shape index (κ1) is 28.8. The number of nitrogens with zero attached hydrogens (tertiary/aromatic N) is 2. The van der Waals surface area contributed by atoms with Gasteiger partial charge >= 0.3 is 11.0 Å². The highest BCUT2D eigenvalue weighted by Gasteiger charge is 2.57. The number of thioether (sulfide) groups is 1. The number of thiazole rings is 1. The van der Waals surface area contributed by atoms with Crippen molar-refractivity contribution in [1.29, 1.82) is 0 Å². The summed E-state index contributed by atoms with van der Waals surface area (Å²) in [7, 11) is 0. The van der Waals surface area contributed by atoms with Gasteiger partial charge in [-0.3, -0.25) is 19.2 Å². The molecule has 2 saturated heterocycles. The van der Waals surface area contributed by atoms with E-state index in [-0.39, 0.29) is 23.3 Å². The second kappa shape index (κ2) is 11.1. The van der Waals surface area contributed by atoms with Gasteiger partial charge in [-0.05, 0) is 30.3 Å². The standard InChI is InChI=1S/C27H21ClF3N3O6S2/c28-13-5-6-17(40-12-18(35)33-7-9-39-10-8-33)14(11-13)19-20-22(41-23-21(19)42-26(38)32-23)25(37)34(24(20)36)16-4-2-1-3-15(16)27(29,30)31/h1-6,11,19-20,22H,7-10,12H2,(H,32,38). The van der Waals surface area contributed by atoms with Gasteiger partial charge in [0.15, 0.2) is 6.61 Å². The number of nitrogens with one attached hydrogen (secondary N) is 1. The molecule has 1 N–H and O–H groups in total. The van der Waals surface area contributed by atoms with Gasteiger partial charge in [0.2, 0.25) is 11.8 Å². The lowest BCUT2D eigenvalue weighted by Gasteiger charge is -2.31. The normalized spacial score (nSPS) is 22.2. The number of rotatable bonds is 5. The summed E-state index contributed by atoms with van der Waals surface area (Å²) >= 11 is 8.12. The van der Waals surface area contributed by atoms with E-state index in [9.17, 15) is 32.3 Å². The van der Waals surface area contributed by atoms with Crippen LogP contribution >= 0.6 is 34.7 Å². The van der Waals surface area contributed by atoms with E-state index in [0.717, 1.165) is 35.2 Å². The number of fused-ring (bicyclic) bond motifs is 2. The third-order valence-corrected chi connectivity index (χ3v) is 9.93. The first-order valence-corrected chi connectivity index (χ1v) is 14.8. The molecule has 15 heteroatoms. The Balaban J connectivity index is 1.41. The van der Waals surface area contributed by atoms with Gasteiger partial charge in [-0.25, -0.2) is 4.90 Å². The maximum Gasteiger partial charge on any atom is 0.418 e. The molecule has 9 nitrogen and oxygen atoms in total. The summed E-state index contributed by atoms with van der Waals surface area (Å²) in [5.74, 6) is -3.93. The monoisotopic (exact) mass is 639 g/mol. The molecule has 0 bridgehead atoms. The minimum Gasteiger partial charge on any atom is -0.483 e. The molecule has 4 heterocycles. The highest BCUT2D eigenvalue weighted by molar-refractivity contribution is 8.00. The van der Waals surface area contributed by atoms with Crippen LogP contribution in [0.3, 0.4) is 0 Å². The summed E-state index contributed by atoms with van der Waals surface area (Å²) < 4.78 is 52.9. The quantitative estimate of drug-likeness (QED) is 0.418. The van der Waals surface area contributed by atoms with E-state index in [1.165, 1.54) is 30.3 Å². The van der Waals surface area contributed by atoms with E-state index in [1.807, 2.05) is 0 Å². The van der Waals surface area contributed by atoms with Crippen LogP contribution in [0.15, 0.2) is 52.3 Å². The Bertz CT molecular complexity index is 1640. The highest BCUT2D eigenvalue weighted by Crippen LogP contribution is 2.55. The molecule has 0 radical (unpaired) electrons. The largest absolute Gasteiger partial charge is 0.483 e. The Kier molecular flexibility index (Phi) is 7.58. The topological polar surface area (TPSA) is 109 Å². The zero-order valence-electron chi connectivity index (χ0n) is 21.5. The highest BCUT2D eigenvalue weighted by atomic mass is 35.5. The van der Waals surface area contributed by atoms with Crippen LogP contribution in [0.25, 0.3) is 0 Å². The number of aromatic amines is 1. The number of para-hydroxylation sites is 1. The fourth-order valence-corrected chi connectivity index (χ4v) is 8.12. The number of halogens is 4. The molecule has 42 heavy (non-hydrogen) atoms. The predicted molar refractivity (Wildman–Crippen MR) is 148 cm³/mol. The van der Waals surface area contributed by atoms with E-state index >= 15 is 0 Å². The summed E-state index contributed by atoms with van der Waals surface area (Å²) in [4.78, 5) is 57.7. The number of hydrogen-bond acceptors (Lipinski definition) is 8. The first-order chi connectivity index (χ1) is 20.0. The van der Waals surface area contributed by atoms with Gasteiger partial charge in [-0.15, -0.1) is 0 Å². The Labute approximate surface area is 249 Å². The number of imide groups is 1. The summed E-state index contributed by atoms with van der Waals surface area (Å²) in [5.41, 5.74) is -1.36. The number of aromatic nitrogens is 1. The minimum atomic E-state index is -4.82. The van der Waals surface area contributed by atoms with Crippen molar-refractivity contribution in [2.45, 2.75) is 22.4 Å². The van der Waals surface area contributed by atoms with Gasteiger partial charge in [0.05, 0.1) is 35.4 Å². The number of carbonyl (C=O) groups excluding carboxylic acids is 3. The van der Waals surface area contributed by atoms with Crippen LogP contribution in [0.4, 0.5) is 18.9 Å². The number of anilines is 1. The van der Waals surface area contributed by atoms with Crippen molar-refractivity contribution in [3.63, 3.8) is 0 Å². The molecule has 2 fully saturated rings. The maximum absolute atomic E-state index is 14.0. The minimum absolute atomic E-state index is 0.192. The van der Waals surface area contributed by atoms with Crippen LogP contribution in [0.5, 0.6) is 5.75 Å². The molecular formula is C27H21ClF3N3O6S2. The molecule has 220 valence electrons. The maximum atomic E-state index is 14.0. The first-order valence-electron chi connectivity index (χ1n) is 12.8. The average molecular weight is 640 g/mol. The third-order valence-electron chi connectivity index (χ3n) is 7.30. The van der Waals surface area contributed by atoms with E-state index < -0.39 is 51.2 Å². The number of carbonyl (C=O) groups is 3. The Hall–Kier alpha value is -3.33. The van der Waals surface area contributed by atoms with Crippen molar-refractivity contribution < 1.29 is 37.0 Å². The molecule has 3 aromatic rings. The lowest BCUT2D eigenvalue weighted by molar-refractivity contribution is -0.138. The molecule has 0 spiro atoms. The van der Waals surface area contributed by atoms with Crippen LogP contribution in [0, 0.1) is 5.92 Å². The van der Waals surface area contributed by atoms with E-state index in [2.05, 4.69) is 4.98 Å². The van der Waals surface area contributed by atoms with Crippen molar-refractivity contribution >= 4 is 58.1 Å². The lowest BCUT2D eigenvalue weighted by Crippen LogP contribution is -2.43. The summed E-state index contributed by atoms with van der Waals surface area (Å²) in [5, 5.41) is -0.547. The summed E-state index contributed by atoms with van der Waals surface area (Å²) in [6.07, 6.45) is -4.82. The molecule has 0 aliphatic carbocycles. The number of morpholine rings is 1. The molecule has 3 atom stereocenters. The van der Waals surface area contributed by atoms with Gasteiger partial charge in [0.1, 0.15) is 11.0 Å². The fourth-order valence-electron chi connectivity index (χ4n) is 5.44.